The molecule has 0 radical (unpaired) electrons. The summed E-state index contributed by atoms with van der Waals surface area (Å²) in [5, 5.41) is 7.36. The monoisotopic (exact) mass is 315 g/mol. The molecule has 1 N–H and O–H groups in total. The third-order valence-electron chi connectivity index (χ3n) is 3.42. The van der Waals surface area contributed by atoms with E-state index in [0.29, 0.717) is 16.9 Å². The number of aromatic nitrogens is 4. The van der Waals surface area contributed by atoms with E-state index in [1.165, 1.54) is 0 Å². The van der Waals surface area contributed by atoms with Crippen molar-refractivity contribution in [2.45, 2.75) is 26.2 Å². The first-order chi connectivity index (χ1) is 10.4. The van der Waals surface area contributed by atoms with Gasteiger partial charge in [0.1, 0.15) is 16.9 Å². The lowest BCUT2D eigenvalue weighted by molar-refractivity contribution is 0.102. The van der Waals surface area contributed by atoms with Gasteiger partial charge in [-0.15, -0.1) is 0 Å². The summed E-state index contributed by atoms with van der Waals surface area (Å²) in [6.07, 6.45) is 0. The molecule has 1 aromatic carbocycles. The third-order valence-corrected chi connectivity index (χ3v) is 3.96. The van der Waals surface area contributed by atoms with Crippen molar-refractivity contribution in [2.24, 2.45) is 7.05 Å². The van der Waals surface area contributed by atoms with Gasteiger partial charge in [0.05, 0.1) is 23.0 Å². The normalized spacial score (nSPS) is 11.8. The Morgan fingerprint density at radius 1 is 1.27 bits per heavy atom. The lowest BCUT2D eigenvalue weighted by Gasteiger charge is -2.13. The van der Waals surface area contributed by atoms with Crippen LogP contribution in [0.1, 0.15) is 36.8 Å². The maximum atomic E-state index is 12.5. The molecular formula is C15H17N5OS. The SMILES string of the molecule is Cn1nc(C(C)(C)C)cc1NC(=O)c1cccc2nsnc12. The first-order valence-electron chi connectivity index (χ1n) is 6.93. The Kier molecular flexibility index (Phi) is 3.44. The highest BCUT2D eigenvalue weighted by Crippen LogP contribution is 2.24. The first-order valence-corrected chi connectivity index (χ1v) is 7.66. The highest BCUT2D eigenvalue weighted by molar-refractivity contribution is 7.00. The summed E-state index contributed by atoms with van der Waals surface area (Å²) in [6.45, 7) is 6.26. The van der Waals surface area contributed by atoms with Crippen molar-refractivity contribution in [2.75, 3.05) is 5.32 Å². The van der Waals surface area contributed by atoms with Crippen LogP contribution in [-0.4, -0.2) is 24.4 Å². The number of nitrogens with zero attached hydrogens (tertiary/aromatic N) is 4. The van der Waals surface area contributed by atoms with Crippen molar-refractivity contribution in [3.05, 3.63) is 35.5 Å². The highest BCUT2D eigenvalue weighted by Gasteiger charge is 2.20. The molecule has 0 unspecified atom stereocenters. The van der Waals surface area contributed by atoms with Gasteiger partial charge in [-0.2, -0.15) is 13.8 Å². The molecule has 0 aliphatic heterocycles. The van der Waals surface area contributed by atoms with Crippen LogP contribution >= 0.6 is 11.7 Å². The highest BCUT2D eigenvalue weighted by atomic mass is 32.1. The molecule has 6 nitrogen and oxygen atoms in total. The van der Waals surface area contributed by atoms with E-state index >= 15 is 0 Å². The fourth-order valence-electron chi connectivity index (χ4n) is 2.12. The van der Waals surface area contributed by atoms with Crippen LogP contribution in [0.4, 0.5) is 5.82 Å². The van der Waals surface area contributed by atoms with Crippen LogP contribution in [0, 0.1) is 0 Å². The Balaban J connectivity index is 1.92. The standard InChI is InChI=1S/C15H17N5OS/c1-15(2,3)11-8-12(20(4)17-11)16-14(21)9-6-5-7-10-13(9)19-22-18-10/h5-8H,1-4H3,(H,16,21). The summed E-state index contributed by atoms with van der Waals surface area (Å²) < 4.78 is 10.0. The molecule has 114 valence electrons. The molecular weight excluding hydrogens is 298 g/mol. The van der Waals surface area contributed by atoms with E-state index < -0.39 is 0 Å². The van der Waals surface area contributed by atoms with E-state index in [2.05, 4.69) is 39.9 Å². The fourth-order valence-corrected chi connectivity index (χ4v) is 2.67. The topological polar surface area (TPSA) is 72.7 Å². The first kappa shape index (κ1) is 14.6. The van der Waals surface area contributed by atoms with Crippen LogP contribution in [0.15, 0.2) is 24.3 Å². The molecule has 7 heteroatoms. The number of benzene rings is 1. The Hall–Kier alpha value is -2.28. The second-order valence-corrected chi connectivity index (χ2v) is 6.71. The number of anilines is 1. The Morgan fingerprint density at radius 2 is 2.05 bits per heavy atom. The molecule has 3 rings (SSSR count). The van der Waals surface area contributed by atoms with Crippen molar-refractivity contribution in [1.82, 2.24) is 18.5 Å². The summed E-state index contributed by atoms with van der Waals surface area (Å²) in [7, 11) is 1.82. The second-order valence-electron chi connectivity index (χ2n) is 6.18. The number of fused-ring (bicyclic) bond motifs is 1. The largest absolute Gasteiger partial charge is 0.307 e. The molecule has 0 saturated carbocycles. The zero-order valence-corrected chi connectivity index (χ0v) is 13.7. The van der Waals surface area contributed by atoms with Crippen LogP contribution in [0.25, 0.3) is 11.0 Å². The lowest BCUT2D eigenvalue weighted by atomic mass is 9.92. The molecule has 22 heavy (non-hydrogen) atoms. The summed E-state index contributed by atoms with van der Waals surface area (Å²) in [5.41, 5.74) is 2.74. The average Bonchev–Trinajstić information content (AvgIpc) is 3.05. The van der Waals surface area contributed by atoms with Gasteiger partial charge in [-0.25, -0.2) is 0 Å². The van der Waals surface area contributed by atoms with Crippen LogP contribution in [0.5, 0.6) is 0 Å². The quantitative estimate of drug-likeness (QED) is 0.789. The van der Waals surface area contributed by atoms with Crippen molar-refractivity contribution < 1.29 is 4.79 Å². The number of carbonyl (C=O) groups excluding carboxylic acids is 1. The molecule has 2 aromatic heterocycles. The van der Waals surface area contributed by atoms with E-state index in [4.69, 9.17) is 0 Å². The molecule has 0 atom stereocenters. The van der Waals surface area contributed by atoms with Gasteiger partial charge in [0, 0.05) is 18.5 Å². The van der Waals surface area contributed by atoms with Crippen molar-refractivity contribution in [1.29, 1.82) is 0 Å². The molecule has 2 heterocycles. The molecule has 0 aliphatic carbocycles. The predicted octanol–water partition coefficient (Wildman–Crippen LogP) is 2.97. The number of rotatable bonds is 2. The zero-order valence-electron chi connectivity index (χ0n) is 12.9. The van der Waals surface area contributed by atoms with Gasteiger partial charge >= 0.3 is 0 Å². The number of hydrogen-bond donors (Lipinski definition) is 1. The van der Waals surface area contributed by atoms with Gasteiger partial charge < -0.3 is 5.32 Å². The van der Waals surface area contributed by atoms with E-state index in [9.17, 15) is 4.79 Å². The molecule has 0 spiro atoms. The fraction of sp³-hybridized carbons (Fsp3) is 0.333. The van der Waals surface area contributed by atoms with Crippen LogP contribution in [-0.2, 0) is 12.5 Å². The molecule has 1 amide bonds. The van der Waals surface area contributed by atoms with Gasteiger partial charge in [-0.3, -0.25) is 9.48 Å². The summed E-state index contributed by atoms with van der Waals surface area (Å²) in [5.74, 6) is 0.455. The average molecular weight is 315 g/mol. The van der Waals surface area contributed by atoms with Crippen LogP contribution in [0.3, 0.4) is 0 Å². The number of nitrogens with one attached hydrogen (secondary N) is 1. The van der Waals surface area contributed by atoms with Gasteiger partial charge in [0.25, 0.3) is 5.91 Å². The van der Waals surface area contributed by atoms with E-state index in [1.54, 1.807) is 10.7 Å². The minimum Gasteiger partial charge on any atom is -0.307 e. The lowest BCUT2D eigenvalue weighted by Crippen LogP contribution is -2.15. The smallest absolute Gasteiger partial charge is 0.259 e. The number of carbonyl (C=O) groups is 1. The summed E-state index contributed by atoms with van der Waals surface area (Å²) in [4.78, 5) is 12.5. The van der Waals surface area contributed by atoms with E-state index in [0.717, 1.165) is 22.9 Å². The number of hydrogen-bond acceptors (Lipinski definition) is 5. The van der Waals surface area contributed by atoms with Crippen LogP contribution < -0.4 is 5.32 Å². The number of aryl methyl sites for hydroxylation is 1. The maximum absolute atomic E-state index is 12.5. The van der Waals surface area contributed by atoms with Crippen molar-refractivity contribution >= 4 is 34.5 Å². The summed E-state index contributed by atoms with van der Waals surface area (Å²) >= 11 is 1.10. The minimum atomic E-state index is -0.207. The Bertz CT molecular complexity index is 843. The molecule has 3 aromatic rings. The molecule has 0 fully saturated rings. The van der Waals surface area contributed by atoms with Gasteiger partial charge in [0.15, 0.2) is 0 Å². The molecule has 0 saturated heterocycles. The number of amides is 1. The van der Waals surface area contributed by atoms with Crippen LogP contribution in [0.2, 0.25) is 0 Å². The maximum Gasteiger partial charge on any atom is 0.259 e. The van der Waals surface area contributed by atoms with Gasteiger partial charge in [-0.1, -0.05) is 26.8 Å². The van der Waals surface area contributed by atoms with E-state index in [-0.39, 0.29) is 11.3 Å². The van der Waals surface area contributed by atoms with Crippen molar-refractivity contribution in [3.8, 4) is 0 Å². The predicted molar refractivity (Wildman–Crippen MR) is 87.3 cm³/mol. The van der Waals surface area contributed by atoms with E-state index in [1.807, 2.05) is 25.2 Å². The Labute approximate surface area is 132 Å². The molecule has 0 aliphatic rings. The zero-order chi connectivity index (χ0) is 15.9. The second kappa shape index (κ2) is 5.17. The Morgan fingerprint density at radius 3 is 2.73 bits per heavy atom. The van der Waals surface area contributed by atoms with Crippen molar-refractivity contribution in [3.63, 3.8) is 0 Å². The minimum absolute atomic E-state index is 0.0699. The summed E-state index contributed by atoms with van der Waals surface area (Å²) in [6, 6.07) is 7.30. The van der Waals surface area contributed by atoms with Gasteiger partial charge in [0.2, 0.25) is 0 Å². The van der Waals surface area contributed by atoms with Gasteiger partial charge in [-0.05, 0) is 12.1 Å². The third kappa shape index (κ3) is 2.59. The molecule has 0 bridgehead atoms.